The fraction of sp³-hybridized carbons (Fsp3) is 0.111. The van der Waals surface area contributed by atoms with Gasteiger partial charge < -0.3 is 4.98 Å². The SMILES string of the molecule is Cc1ccc2ncc(=O)[nH]c2c1. The smallest absolute Gasteiger partial charge is 0.266 e. The van der Waals surface area contributed by atoms with Gasteiger partial charge in [-0.2, -0.15) is 0 Å². The summed E-state index contributed by atoms with van der Waals surface area (Å²) in [4.78, 5) is 17.6. The monoisotopic (exact) mass is 160 g/mol. The number of rotatable bonds is 0. The molecule has 0 aliphatic carbocycles. The van der Waals surface area contributed by atoms with E-state index < -0.39 is 0 Å². The molecule has 0 unspecified atom stereocenters. The molecule has 0 radical (unpaired) electrons. The third-order valence-corrected chi connectivity index (χ3v) is 1.73. The van der Waals surface area contributed by atoms with Gasteiger partial charge in [-0.25, -0.2) is 4.98 Å². The highest BCUT2D eigenvalue weighted by molar-refractivity contribution is 5.74. The fourth-order valence-electron chi connectivity index (χ4n) is 1.16. The minimum absolute atomic E-state index is 0.159. The van der Waals surface area contributed by atoms with Crippen molar-refractivity contribution in [1.82, 2.24) is 9.97 Å². The van der Waals surface area contributed by atoms with Crippen LogP contribution >= 0.6 is 0 Å². The average molecular weight is 160 g/mol. The number of hydrogen-bond acceptors (Lipinski definition) is 2. The summed E-state index contributed by atoms with van der Waals surface area (Å²) in [6, 6.07) is 5.76. The number of aryl methyl sites for hydroxylation is 1. The molecule has 60 valence electrons. The van der Waals surface area contributed by atoms with Crippen molar-refractivity contribution >= 4 is 11.0 Å². The van der Waals surface area contributed by atoms with Crippen LogP contribution in [-0.2, 0) is 0 Å². The molecule has 2 rings (SSSR count). The predicted molar refractivity (Wildman–Crippen MR) is 47.1 cm³/mol. The highest BCUT2D eigenvalue weighted by Gasteiger charge is 1.94. The lowest BCUT2D eigenvalue weighted by molar-refractivity contribution is 1.21. The molecule has 0 bridgehead atoms. The predicted octanol–water partition coefficient (Wildman–Crippen LogP) is 1.23. The summed E-state index contributed by atoms with van der Waals surface area (Å²) in [5, 5.41) is 0. The maximum absolute atomic E-state index is 10.9. The second kappa shape index (κ2) is 2.44. The van der Waals surface area contributed by atoms with Gasteiger partial charge in [-0.05, 0) is 24.6 Å². The molecule has 0 saturated heterocycles. The van der Waals surface area contributed by atoms with Gasteiger partial charge in [-0.3, -0.25) is 4.79 Å². The van der Waals surface area contributed by atoms with E-state index >= 15 is 0 Å². The van der Waals surface area contributed by atoms with Crippen LogP contribution in [0.5, 0.6) is 0 Å². The van der Waals surface area contributed by atoms with E-state index in [1.165, 1.54) is 6.20 Å². The van der Waals surface area contributed by atoms with Crippen LogP contribution in [0.2, 0.25) is 0 Å². The van der Waals surface area contributed by atoms with Gasteiger partial charge in [0.15, 0.2) is 0 Å². The Labute approximate surface area is 69.1 Å². The van der Waals surface area contributed by atoms with Crippen molar-refractivity contribution in [2.45, 2.75) is 6.92 Å². The van der Waals surface area contributed by atoms with Crippen molar-refractivity contribution in [1.29, 1.82) is 0 Å². The Hall–Kier alpha value is -1.64. The van der Waals surface area contributed by atoms with Crippen LogP contribution in [0.15, 0.2) is 29.2 Å². The van der Waals surface area contributed by atoms with Crippen molar-refractivity contribution in [3.05, 3.63) is 40.3 Å². The number of aromatic amines is 1. The van der Waals surface area contributed by atoms with Crippen LogP contribution in [-0.4, -0.2) is 9.97 Å². The third-order valence-electron chi connectivity index (χ3n) is 1.73. The van der Waals surface area contributed by atoms with Gasteiger partial charge in [0.05, 0.1) is 17.2 Å². The molecular weight excluding hydrogens is 152 g/mol. The molecule has 2 aromatic rings. The van der Waals surface area contributed by atoms with E-state index in [9.17, 15) is 4.79 Å². The van der Waals surface area contributed by atoms with Crippen LogP contribution in [0.1, 0.15) is 5.56 Å². The summed E-state index contributed by atoms with van der Waals surface area (Å²) < 4.78 is 0. The zero-order chi connectivity index (χ0) is 8.55. The van der Waals surface area contributed by atoms with Crippen molar-refractivity contribution in [2.75, 3.05) is 0 Å². The van der Waals surface area contributed by atoms with E-state index in [0.29, 0.717) is 0 Å². The normalized spacial score (nSPS) is 10.4. The lowest BCUT2D eigenvalue weighted by atomic mass is 10.2. The molecule has 3 nitrogen and oxygen atoms in total. The van der Waals surface area contributed by atoms with Gasteiger partial charge in [0.2, 0.25) is 0 Å². The standard InChI is InChI=1S/C9H8N2O/c1-6-2-3-7-8(4-6)11-9(12)5-10-7/h2-5H,1H3,(H,11,12). The average Bonchev–Trinajstić information content (AvgIpc) is 2.03. The number of nitrogens with zero attached hydrogens (tertiary/aromatic N) is 1. The quantitative estimate of drug-likeness (QED) is 0.630. The van der Waals surface area contributed by atoms with Gasteiger partial charge in [0.1, 0.15) is 0 Å². The summed E-state index contributed by atoms with van der Waals surface area (Å²) in [5.41, 5.74) is 2.57. The van der Waals surface area contributed by atoms with Crippen LogP contribution < -0.4 is 5.56 Å². The molecule has 0 amide bonds. The Morgan fingerprint density at radius 1 is 1.42 bits per heavy atom. The minimum atomic E-state index is -0.159. The first-order valence-electron chi connectivity index (χ1n) is 3.71. The molecule has 0 saturated carbocycles. The van der Waals surface area contributed by atoms with Gasteiger partial charge in [0.25, 0.3) is 5.56 Å². The summed E-state index contributed by atoms with van der Waals surface area (Å²) in [7, 11) is 0. The third kappa shape index (κ3) is 1.09. The number of aromatic nitrogens is 2. The summed E-state index contributed by atoms with van der Waals surface area (Å²) in [6.45, 7) is 1.98. The van der Waals surface area contributed by atoms with Crippen LogP contribution in [0.25, 0.3) is 11.0 Å². The molecule has 1 aromatic carbocycles. The van der Waals surface area contributed by atoms with Gasteiger partial charge in [0, 0.05) is 0 Å². The molecule has 3 heteroatoms. The van der Waals surface area contributed by atoms with E-state index in [2.05, 4.69) is 9.97 Å². The second-order valence-corrected chi connectivity index (χ2v) is 2.77. The summed E-state index contributed by atoms with van der Waals surface area (Å²) in [5.74, 6) is 0. The molecule has 0 aliphatic rings. The van der Waals surface area contributed by atoms with Crippen LogP contribution in [0.3, 0.4) is 0 Å². The zero-order valence-electron chi connectivity index (χ0n) is 6.66. The Bertz CT molecular complexity index is 473. The molecule has 1 aromatic heterocycles. The largest absolute Gasteiger partial charge is 0.319 e. The second-order valence-electron chi connectivity index (χ2n) is 2.77. The van der Waals surface area contributed by atoms with Gasteiger partial charge in [-0.1, -0.05) is 6.07 Å². The van der Waals surface area contributed by atoms with Gasteiger partial charge >= 0.3 is 0 Å². The van der Waals surface area contributed by atoms with E-state index in [-0.39, 0.29) is 5.56 Å². The molecule has 1 heterocycles. The summed E-state index contributed by atoms with van der Waals surface area (Å²) >= 11 is 0. The Morgan fingerprint density at radius 3 is 3.08 bits per heavy atom. The van der Waals surface area contributed by atoms with Crippen molar-refractivity contribution in [3.8, 4) is 0 Å². The maximum Gasteiger partial charge on any atom is 0.266 e. The molecule has 0 atom stereocenters. The van der Waals surface area contributed by atoms with Crippen molar-refractivity contribution in [2.24, 2.45) is 0 Å². The molecule has 0 aliphatic heterocycles. The molecule has 0 fully saturated rings. The highest BCUT2D eigenvalue weighted by Crippen LogP contribution is 2.07. The van der Waals surface area contributed by atoms with E-state index in [4.69, 9.17) is 0 Å². The maximum atomic E-state index is 10.9. The number of H-pyrrole nitrogens is 1. The number of nitrogens with one attached hydrogen (secondary N) is 1. The number of benzene rings is 1. The highest BCUT2D eigenvalue weighted by atomic mass is 16.1. The molecular formula is C9H8N2O. The lowest BCUT2D eigenvalue weighted by Crippen LogP contribution is -2.04. The Balaban J connectivity index is 2.89. The zero-order valence-corrected chi connectivity index (χ0v) is 6.66. The van der Waals surface area contributed by atoms with E-state index in [1.54, 1.807) is 0 Å². The number of fused-ring (bicyclic) bond motifs is 1. The van der Waals surface area contributed by atoms with Crippen LogP contribution in [0, 0.1) is 6.92 Å². The first-order valence-corrected chi connectivity index (χ1v) is 3.71. The number of hydrogen-bond donors (Lipinski definition) is 1. The van der Waals surface area contributed by atoms with Crippen LogP contribution in [0.4, 0.5) is 0 Å². The van der Waals surface area contributed by atoms with E-state index in [1.807, 2.05) is 25.1 Å². The summed E-state index contributed by atoms with van der Waals surface area (Å²) in [6.07, 6.45) is 1.29. The fourth-order valence-corrected chi connectivity index (χ4v) is 1.16. The minimum Gasteiger partial charge on any atom is -0.319 e. The first-order chi connectivity index (χ1) is 5.75. The molecule has 1 N–H and O–H groups in total. The lowest BCUT2D eigenvalue weighted by Gasteiger charge is -1.96. The Morgan fingerprint density at radius 2 is 2.25 bits per heavy atom. The first kappa shape index (κ1) is 7.03. The van der Waals surface area contributed by atoms with Gasteiger partial charge in [-0.15, -0.1) is 0 Å². The van der Waals surface area contributed by atoms with Crippen molar-refractivity contribution < 1.29 is 0 Å². The topological polar surface area (TPSA) is 45.8 Å². The molecule has 12 heavy (non-hydrogen) atoms. The van der Waals surface area contributed by atoms with E-state index in [0.717, 1.165) is 16.6 Å². The van der Waals surface area contributed by atoms with Crippen molar-refractivity contribution in [3.63, 3.8) is 0 Å². The molecule has 0 spiro atoms. The Kier molecular flexibility index (Phi) is 1.43.